The van der Waals surface area contributed by atoms with Gasteiger partial charge in [-0.25, -0.2) is 15.5 Å². The number of methoxy groups -OCH3 is 1. The predicted octanol–water partition coefficient (Wildman–Crippen LogP) is 2.48. The fraction of sp³-hybridized carbons (Fsp3) is 0.786. The number of carbonyl (C=O) groups is 1. The largest absolute Gasteiger partial charge is 0.469 e. The summed E-state index contributed by atoms with van der Waals surface area (Å²) < 4.78 is 28.0. The number of esters is 1. The van der Waals surface area contributed by atoms with E-state index in [4.69, 9.17) is 4.74 Å². The molecular formula is C14H24O5SY-2. The zero-order valence-electron chi connectivity index (χ0n) is 12.9. The molecule has 0 unspecified atom stereocenters. The summed E-state index contributed by atoms with van der Waals surface area (Å²) in [6, 6.07) is 0. The molecule has 0 aromatic rings. The Morgan fingerprint density at radius 2 is 1.52 bits per heavy atom. The molecule has 121 valence electrons. The molecule has 3 saturated carbocycles. The van der Waals surface area contributed by atoms with Crippen molar-refractivity contribution in [2.24, 2.45) is 10.8 Å². The monoisotopic (exact) mass is 393 g/mol. The first kappa shape index (κ1) is 21.5. The second kappa shape index (κ2) is 8.37. The maximum Gasteiger partial charge on any atom is 0.311 e. The maximum absolute atomic E-state index is 11.7. The van der Waals surface area contributed by atoms with Gasteiger partial charge in [0.1, 0.15) is 0 Å². The first-order valence-corrected chi connectivity index (χ1v) is 8.55. The number of rotatable bonds is 3. The van der Waals surface area contributed by atoms with Gasteiger partial charge < -0.3 is 15.8 Å². The van der Waals surface area contributed by atoms with Crippen molar-refractivity contribution in [3.05, 3.63) is 14.0 Å². The molecule has 0 aliphatic heterocycles. The Kier molecular flexibility index (Phi) is 8.56. The van der Waals surface area contributed by atoms with E-state index in [1.54, 1.807) is 0 Å². The molecule has 0 spiro atoms. The SMILES string of the molecule is [CH2-]CC12CCC(C(=O)OC)(CC1)CC2.[CH2-]OS(C)(=O)=O.[Y]. The molecule has 0 saturated heterocycles. The molecular weight excluding hydrogens is 369 g/mol. The average Bonchev–Trinajstić information content (AvgIpc) is 2.48. The fourth-order valence-electron chi connectivity index (χ4n) is 3.16. The average molecular weight is 393 g/mol. The zero-order valence-corrected chi connectivity index (χ0v) is 16.5. The minimum atomic E-state index is -3.27. The van der Waals surface area contributed by atoms with Gasteiger partial charge in [0, 0.05) is 32.7 Å². The third kappa shape index (κ3) is 5.56. The second-order valence-corrected chi connectivity index (χ2v) is 7.49. The minimum absolute atomic E-state index is 0. The van der Waals surface area contributed by atoms with Crippen molar-refractivity contribution in [2.45, 2.75) is 44.9 Å². The molecule has 0 N–H and O–H groups in total. The van der Waals surface area contributed by atoms with Gasteiger partial charge in [0.05, 0.1) is 18.8 Å². The van der Waals surface area contributed by atoms with Crippen LogP contribution in [-0.4, -0.2) is 27.8 Å². The van der Waals surface area contributed by atoms with Crippen LogP contribution in [0.15, 0.2) is 0 Å². The Hall–Kier alpha value is 0.484. The molecule has 21 heavy (non-hydrogen) atoms. The van der Waals surface area contributed by atoms with Crippen molar-refractivity contribution >= 4 is 16.1 Å². The van der Waals surface area contributed by atoms with Gasteiger partial charge in [-0.05, 0) is 38.5 Å². The third-order valence-electron chi connectivity index (χ3n) is 4.76. The molecule has 3 aliphatic rings. The molecule has 0 aromatic heterocycles. The van der Waals surface area contributed by atoms with E-state index >= 15 is 0 Å². The Bertz CT molecular complexity index is 422. The first-order valence-electron chi connectivity index (χ1n) is 6.74. The molecule has 7 heteroatoms. The van der Waals surface area contributed by atoms with Crippen LogP contribution in [0.4, 0.5) is 0 Å². The number of hydrogen-bond acceptors (Lipinski definition) is 5. The van der Waals surface area contributed by atoms with E-state index in [-0.39, 0.29) is 44.1 Å². The number of fused-ring (bicyclic) bond motifs is 3. The molecule has 3 fully saturated rings. The zero-order chi connectivity index (χ0) is 15.4. The van der Waals surface area contributed by atoms with Gasteiger partial charge in [0.2, 0.25) is 10.1 Å². The molecule has 0 heterocycles. The Labute approximate surface area is 153 Å². The van der Waals surface area contributed by atoms with E-state index in [1.165, 1.54) is 26.4 Å². The van der Waals surface area contributed by atoms with Crippen LogP contribution in [0.1, 0.15) is 44.9 Å². The van der Waals surface area contributed by atoms with Crippen molar-refractivity contribution in [1.82, 2.24) is 0 Å². The fourth-order valence-corrected chi connectivity index (χ4v) is 3.16. The van der Waals surface area contributed by atoms with Crippen LogP contribution in [0.5, 0.6) is 0 Å². The van der Waals surface area contributed by atoms with Gasteiger partial charge in [-0.2, -0.15) is 6.42 Å². The van der Waals surface area contributed by atoms with Gasteiger partial charge in [0.25, 0.3) is 0 Å². The number of ether oxygens (including phenoxy) is 1. The Morgan fingerprint density at radius 3 is 1.76 bits per heavy atom. The first-order chi connectivity index (χ1) is 9.22. The van der Waals surface area contributed by atoms with Crippen molar-refractivity contribution < 1.29 is 54.8 Å². The summed E-state index contributed by atoms with van der Waals surface area (Å²) in [4.78, 5) is 11.7. The van der Waals surface area contributed by atoms with Crippen molar-refractivity contribution in [2.75, 3.05) is 13.4 Å². The standard InChI is InChI=1S/C12H19O2.C2H5O3S.Y/c1-3-11-4-7-12(8-5-11,9-6-11)10(13)14-2;1-5-6(2,3)4;/h1,3-9H2,2H3;1H2,2H3;/q2*-1;. The van der Waals surface area contributed by atoms with E-state index in [9.17, 15) is 13.2 Å². The minimum Gasteiger partial charge on any atom is -0.469 e. The molecule has 3 aliphatic carbocycles. The topological polar surface area (TPSA) is 69.7 Å². The summed E-state index contributed by atoms with van der Waals surface area (Å²) in [5.41, 5.74) is 0.349. The van der Waals surface area contributed by atoms with Crippen LogP contribution in [0, 0.1) is 24.9 Å². The van der Waals surface area contributed by atoms with E-state index in [1.807, 2.05) is 0 Å². The van der Waals surface area contributed by atoms with E-state index in [2.05, 4.69) is 18.2 Å². The van der Waals surface area contributed by atoms with E-state index in [0.717, 1.165) is 31.9 Å². The number of carbonyl (C=O) groups excluding carboxylic acids is 1. The van der Waals surface area contributed by atoms with Gasteiger partial charge in [0.15, 0.2) is 0 Å². The normalized spacial score (nSPS) is 30.7. The van der Waals surface area contributed by atoms with Crippen molar-refractivity contribution in [3.8, 4) is 0 Å². The maximum atomic E-state index is 11.7. The van der Waals surface area contributed by atoms with Crippen LogP contribution >= 0.6 is 0 Å². The Morgan fingerprint density at radius 1 is 1.14 bits per heavy atom. The molecule has 0 atom stereocenters. The molecule has 2 bridgehead atoms. The van der Waals surface area contributed by atoms with Gasteiger partial charge in [-0.15, -0.1) is 0 Å². The second-order valence-electron chi connectivity index (χ2n) is 5.84. The molecule has 1 radical (unpaired) electrons. The summed E-state index contributed by atoms with van der Waals surface area (Å²) in [6.07, 6.45) is 8.55. The van der Waals surface area contributed by atoms with Crippen LogP contribution in [0.25, 0.3) is 0 Å². The van der Waals surface area contributed by atoms with Crippen molar-refractivity contribution in [1.29, 1.82) is 0 Å². The Balaban J connectivity index is 0.000000495. The summed E-state index contributed by atoms with van der Waals surface area (Å²) in [5, 5.41) is 0. The summed E-state index contributed by atoms with van der Waals surface area (Å²) in [7, 11) is 0.905. The molecule has 3 rings (SSSR count). The van der Waals surface area contributed by atoms with Gasteiger partial charge in [-0.1, -0.05) is 5.41 Å². The quantitative estimate of drug-likeness (QED) is 0.419. The van der Waals surface area contributed by atoms with Crippen molar-refractivity contribution in [3.63, 3.8) is 0 Å². The predicted molar refractivity (Wildman–Crippen MR) is 75.8 cm³/mol. The van der Waals surface area contributed by atoms with Crippen LogP contribution in [0.2, 0.25) is 0 Å². The van der Waals surface area contributed by atoms with E-state index < -0.39 is 10.1 Å². The summed E-state index contributed by atoms with van der Waals surface area (Å²) in [5.74, 6) is 0.0230. The van der Waals surface area contributed by atoms with Gasteiger partial charge in [-0.3, -0.25) is 4.79 Å². The number of hydrogen-bond donors (Lipinski definition) is 0. The van der Waals surface area contributed by atoms with E-state index in [0.29, 0.717) is 5.41 Å². The molecule has 0 amide bonds. The third-order valence-corrected chi connectivity index (χ3v) is 5.19. The van der Waals surface area contributed by atoms with Crippen LogP contribution < -0.4 is 0 Å². The molecule has 5 nitrogen and oxygen atoms in total. The van der Waals surface area contributed by atoms with Crippen LogP contribution in [-0.2, 0) is 56.5 Å². The van der Waals surface area contributed by atoms with Crippen LogP contribution in [0.3, 0.4) is 0 Å². The molecule has 0 aromatic carbocycles. The smallest absolute Gasteiger partial charge is 0.311 e. The summed E-state index contributed by atoms with van der Waals surface area (Å²) >= 11 is 0. The van der Waals surface area contributed by atoms with Gasteiger partial charge >= 0.3 is 5.97 Å². The summed E-state index contributed by atoms with van der Waals surface area (Å²) in [6.45, 7) is 4.05.